The van der Waals surface area contributed by atoms with Crippen LogP contribution in [-0.4, -0.2) is 48.1 Å². The summed E-state index contributed by atoms with van der Waals surface area (Å²) < 4.78 is 35.6. The molecule has 1 N–H and O–H groups in total. The predicted molar refractivity (Wildman–Crippen MR) is 78.7 cm³/mol. The molecule has 1 aromatic carbocycles. The maximum atomic E-state index is 11.3. The lowest BCUT2D eigenvalue weighted by Crippen LogP contribution is -2.36. The van der Waals surface area contributed by atoms with Gasteiger partial charge in [0.2, 0.25) is 10.0 Å². The molecule has 0 amide bonds. The summed E-state index contributed by atoms with van der Waals surface area (Å²) >= 11 is 0. The smallest absolute Gasteiger partial charge is 0.229 e. The standard InChI is InChI=1S/C13H20N2O4S/c1-18-10-11-9-12(14-20(2,16)17)3-4-13(11)15-5-7-19-8-6-15/h3-4,9,14H,5-8,10H2,1-2H3. The number of nitrogens with zero attached hydrogens (tertiary/aromatic N) is 1. The molecule has 1 heterocycles. The highest BCUT2D eigenvalue weighted by molar-refractivity contribution is 7.92. The molecule has 2 rings (SSSR count). The summed E-state index contributed by atoms with van der Waals surface area (Å²) in [6.45, 7) is 3.50. The van der Waals surface area contributed by atoms with Gasteiger partial charge in [0.05, 0.1) is 26.1 Å². The van der Waals surface area contributed by atoms with Crippen LogP contribution in [0.3, 0.4) is 0 Å². The van der Waals surface area contributed by atoms with Crippen molar-refractivity contribution in [1.82, 2.24) is 0 Å². The highest BCUT2D eigenvalue weighted by Crippen LogP contribution is 2.26. The molecule has 1 aliphatic heterocycles. The van der Waals surface area contributed by atoms with Gasteiger partial charge in [-0.2, -0.15) is 0 Å². The van der Waals surface area contributed by atoms with Gasteiger partial charge in [-0.15, -0.1) is 0 Å². The van der Waals surface area contributed by atoms with Crippen molar-refractivity contribution in [3.63, 3.8) is 0 Å². The number of morpholine rings is 1. The zero-order valence-corrected chi connectivity index (χ0v) is 12.6. The SMILES string of the molecule is COCc1cc(NS(C)(=O)=O)ccc1N1CCOCC1. The quantitative estimate of drug-likeness (QED) is 0.880. The van der Waals surface area contributed by atoms with E-state index in [4.69, 9.17) is 9.47 Å². The van der Waals surface area contributed by atoms with Gasteiger partial charge in [0.15, 0.2) is 0 Å². The number of hydrogen-bond acceptors (Lipinski definition) is 5. The van der Waals surface area contributed by atoms with Crippen molar-refractivity contribution in [3.05, 3.63) is 23.8 Å². The second-order valence-corrected chi connectivity index (χ2v) is 6.50. The lowest BCUT2D eigenvalue weighted by molar-refractivity contribution is 0.122. The largest absolute Gasteiger partial charge is 0.380 e. The lowest BCUT2D eigenvalue weighted by Gasteiger charge is -2.30. The summed E-state index contributed by atoms with van der Waals surface area (Å²) in [5.74, 6) is 0. The topological polar surface area (TPSA) is 67.9 Å². The second-order valence-electron chi connectivity index (χ2n) is 4.75. The van der Waals surface area contributed by atoms with Crippen molar-refractivity contribution in [3.8, 4) is 0 Å². The first-order valence-corrected chi connectivity index (χ1v) is 8.31. The average Bonchev–Trinajstić information content (AvgIpc) is 2.38. The Labute approximate surface area is 119 Å². The predicted octanol–water partition coefficient (Wildman–Crippen LogP) is 1.04. The monoisotopic (exact) mass is 300 g/mol. The van der Waals surface area contributed by atoms with Gasteiger partial charge in [0, 0.05) is 37.1 Å². The van der Waals surface area contributed by atoms with Gasteiger partial charge in [0.1, 0.15) is 0 Å². The summed E-state index contributed by atoms with van der Waals surface area (Å²) in [5, 5.41) is 0. The van der Waals surface area contributed by atoms with E-state index in [1.807, 2.05) is 12.1 Å². The van der Waals surface area contributed by atoms with Crippen LogP contribution in [0, 0.1) is 0 Å². The van der Waals surface area contributed by atoms with E-state index in [2.05, 4.69) is 9.62 Å². The minimum atomic E-state index is -3.27. The van der Waals surface area contributed by atoms with E-state index >= 15 is 0 Å². The van der Waals surface area contributed by atoms with Gasteiger partial charge in [-0.1, -0.05) is 0 Å². The van der Waals surface area contributed by atoms with Crippen LogP contribution in [0.15, 0.2) is 18.2 Å². The van der Waals surface area contributed by atoms with Crippen molar-refractivity contribution >= 4 is 21.4 Å². The van der Waals surface area contributed by atoms with Gasteiger partial charge >= 0.3 is 0 Å². The van der Waals surface area contributed by atoms with Crippen LogP contribution < -0.4 is 9.62 Å². The molecule has 1 fully saturated rings. The van der Waals surface area contributed by atoms with Crippen molar-refractivity contribution in [2.24, 2.45) is 0 Å². The molecular weight excluding hydrogens is 280 g/mol. The summed E-state index contributed by atoms with van der Waals surface area (Å²) in [5.41, 5.74) is 2.58. The molecule has 0 atom stereocenters. The summed E-state index contributed by atoms with van der Waals surface area (Å²) in [7, 11) is -1.65. The third-order valence-corrected chi connectivity index (χ3v) is 3.64. The van der Waals surface area contributed by atoms with Crippen LogP contribution >= 0.6 is 0 Å². The fourth-order valence-electron chi connectivity index (χ4n) is 2.25. The van der Waals surface area contributed by atoms with Crippen LogP contribution in [-0.2, 0) is 26.1 Å². The Morgan fingerprint density at radius 3 is 2.65 bits per heavy atom. The molecule has 1 saturated heterocycles. The molecule has 0 spiro atoms. The van der Waals surface area contributed by atoms with E-state index in [9.17, 15) is 8.42 Å². The van der Waals surface area contributed by atoms with Gasteiger partial charge in [0.25, 0.3) is 0 Å². The number of nitrogens with one attached hydrogen (secondary N) is 1. The number of ether oxygens (including phenoxy) is 2. The average molecular weight is 300 g/mol. The van der Waals surface area contributed by atoms with Gasteiger partial charge in [-0.05, 0) is 18.2 Å². The zero-order chi connectivity index (χ0) is 14.6. The minimum Gasteiger partial charge on any atom is -0.380 e. The van der Waals surface area contributed by atoms with Gasteiger partial charge in [-0.3, -0.25) is 4.72 Å². The second kappa shape index (κ2) is 6.43. The molecule has 0 aromatic heterocycles. The molecule has 20 heavy (non-hydrogen) atoms. The Bertz CT molecular complexity index is 553. The van der Waals surface area contributed by atoms with Crippen LogP contribution in [0.5, 0.6) is 0 Å². The van der Waals surface area contributed by atoms with Crippen molar-refractivity contribution < 1.29 is 17.9 Å². The summed E-state index contributed by atoms with van der Waals surface area (Å²) in [6, 6.07) is 5.51. The molecule has 0 unspecified atom stereocenters. The maximum absolute atomic E-state index is 11.3. The first-order chi connectivity index (χ1) is 9.49. The van der Waals surface area contributed by atoms with Crippen LogP contribution in [0.25, 0.3) is 0 Å². The highest BCUT2D eigenvalue weighted by Gasteiger charge is 2.15. The van der Waals surface area contributed by atoms with Crippen molar-refractivity contribution in [2.45, 2.75) is 6.61 Å². The molecule has 112 valence electrons. The number of sulfonamides is 1. The van der Waals surface area contributed by atoms with Crippen LogP contribution in [0.1, 0.15) is 5.56 Å². The third-order valence-electron chi connectivity index (χ3n) is 3.03. The molecule has 0 aliphatic carbocycles. The number of hydrogen-bond donors (Lipinski definition) is 1. The van der Waals surface area contributed by atoms with Crippen molar-refractivity contribution in [1.29, 1.82) is 0 Å². The number of anilines is 2. The lowest BCUT2D eigenvalue weighted by atomic mass is 10.1. The number of benzene rings is 1. The van der Waals surface area contributed by atoms with E-state index in [-0.39, 0.29) is 0 Å². The van der Waals surface area contributed by atoms with Gasteiger partial charge in [-0.25, -0.2) is 8.42 Å². The van der Waals surface area contributed by atoms with Crippen molar-refractivity contribution in [2.75, 3.05) is 49.3 Å². The molecule has 6 nitrogen and oxygen atoms in total. The zero-order valence-electron chi connectivity index (χ0n) is 11.8. The van der Waals surface area contributed by atoms with E-state index in [1.165, 1.54) is 0 Å². The molecule has 1 aliphatic rings. The molecular formula is C13H20N2O4S. The Morgan fingerprint density at radius 1 is 1.35 bits per heavy atom. The number of methoxy groups -OCH3 is 1. The fourth-order valence-corrected chi connectivity index (χ4v) is 2.80. The Hall–Kier alpha value is -1.31. The Kier molecular flexibility index (Phi) is 4.85. The molecule has 1 aromatic rings. The van der Waals surface area contributed by atoms with Crippen LogP contribution in [0.4, 0.5) is 11.4 Å². The first-order valence-electron chi connectivity index (χ1n) is 6.42. The molecule has 7 heteroatoms. The molecule has 0 saturated carbocycles. The molecule has 0 radical (unpaired) electrons. The van der Waals surface area contributed by atoms with E-state index in [0.717, 1.165) is 30.6 Å². The normalized spacial score (nSPS) is 16.2. The van der Waals surface area contributed by atoms with E-state index in [1.54, 1.807) is 13.2 Å². The summed E-state index contributed by atoms with van der Waals surface area (Å²) in [6.07, 6.45) is 1.14. The van der Waals surface area contributed by atoms with E-state index in [0.29, 0.717) is 25.5 Å². The van der Waals surface area contributed by atoms with Crippen LogP contribution in [0.2, 0.25) is 0 Å². The Balaban J connectivity index is 2.27. The third kappa shape index (κ3) is 4.09. The van der Waals surface area contributed by atoms with Gasteiger partial charge < -0.3 is 14.4 Å². The number of rotatable bonds is 5. The van der Waals surface area contributed by atoms with E-state index < -0.39 is 10.0 Å². The molecule has 0 bridgehead atoms. The highest BCUT2D eigenvalue weighted by atomic mass is 32.2. The minimum absolute atomic E-state index is 0.436. The maximum Gasteiger partial charge on any atom is 0.229 e. The summed E-state index contributed by atoms with van der Waals surface area (Å²) in [4.78, 5) is 2.22. The first kappa shape index (κ1) is 15.1. The Morgan fingerprint density at radius 2 is 2.05 bits per heavy atom. The fraction of sp³-hybridized carbons (Fsp3) is 0.538.